The lowest BCUT2D eigenvalue weighted by atomic mass is 10.2. The molecule has 1 aromatic rings. The van der Waals surface area contributed by atoms with E-state index in [2.05, 4.69) is 15.9 Å². The molecular formula is C11H14BrF3N2O2S. The SMILES string of the molecule is CC(CN)N(C)S(=O)(=O)c1cc(Br)cc(C(F)(F)F)c1. The number of hydrogen-bond donors (Lipinski definition) is 1. The quantitative estimate of drug-likeness (QED) is 0.880. The summed E-state index contributed by atoms with van der Waals surface area (Å²) in [6, 6.07) is 2.04. The summed E-state index contributed by atoms with van der Waals surface area (Å²) in [5.41, 5.74) is 4.35. The van der Waals surface area contributed by atoms with Crippen molar-refractivity contribution in [1.29, 1.82) is 0 Å². The Morgan fingerprint density at radius 1 is 1.35 bits per heavy atom. The molecule has 0 aromatic heterocycles. The number of alkyl halides is 3. The van der Waals surface area contributed by atoms with Crippen molar-refractivity contribution < 1.29 is 21.6 Å². The minimum Gasteiger partial charge on any atom is -0.329 e. The maximum atomic E-state index is 12.7. The smallest absolute Gasteiger partial charge is 0.329 e. The molecule has 1 atom stereocenters. The first-order chi connectivity index (χ1) is 9.00. The summed E-state index contributed by atoms with van der Waals surface area (Å²) < 4.78 is 63.6. The van der Waals surface area contributed by atoms with Crippen LogP contribution in [-0.2, 0) is 16.2 Å². The zero-order valence-electron chi connectivity index (χ0n) is 10.8. The van der Waals surface area contributed by atoms with Crippen molar-refractivity contribution in [3.05, 3.63) is 28.2 Å². The van der Waals surface area contributed by atoms with E-state index in [0.717, 1.165) is 16.4 Å². The minimum atomic E-state index is -4.62. The highest BCUT2D eigenvalue weighted by Crippen LogP contribution is 2.33. The molecule has 1 aromatic carbocycles. The molecule has 9 heteroatoms. The molecule has 0 saturated carbocycles. The van der Waals surface area contributed by atoms with Crippen molar-refractivity contribution in [2.75, 3.05) is 13.6 Å². The molecule has 114 valence electrons. The summed E-state index contributed by atoms with van der Waals surface area (Å²) in [6.45, 7) is 1.63. The fraction of sp³-hybridized carbons (Fsp3) is 0.455. The van der Waals surface area contributed by atoms with Gasteiger partial charge < -0.3 is 5.73 Å². The highest BCUT2D eigenvalue weighted by atomic mass is 79.9. The van der Waals surface area contributed by atoms with Gasteiger partial charge >= 0.3 is 6.18 Å². The van der Waals surface area contributed by atoms with E-state index in [1.54, 1.807) is 6.92 Å². The number of benzene rings is 1. The van der Waals surface area contributed by atoms with Crippen LogP contribution in [0.1, 0.15) is 12.5 Å². The molecular weight excluding hydrogens is 361 g/mol. The van der Waals surface area contributed by atoms with Gasteiger partial charge in [-0.3, -0.25) is 0 Å². The van der Waals surface area contributed by atoms with Crippen LogP contribution in [0.15, 0.2) is 27.6 Å². The van der Waals surface area contributed by atoms with Gasteiger partial charge in [-0.1, -0.05) is 15.9 Å². The van der Waals surface area contributed by atoms with Gasteiger partial charge in [-0.15, -0.1) is 0 Å². The lowest BCUT2D eigenvalue weighted by molar-refractivity contribution is -0.137. The van der Waals surface area contributed by atoms with Gasteiger partial charge in [0.2, 0.25) is 10.0 Å². The first-order valence-electron chi connectivity index (χ1n) is 5.56. The van der Waals surface area contributed by atoms with Gasteiger partial charge in [-0.25, -0.2) is 8.42 Å². The van der Waals surface area contributed by atoms with E-state index in [1.807, 2.05) is 0 Å². The summed E-state index contributed by atoms with van der Waals surface area (Å²) >= 11 is 2.89. The molecule has 1 rings (SSSR count). The summed E-state index contributed by atoms with van der Waals surface area (Å²) in [5, 5.41) is 0. The third kappa shape index (κ3) is 3.72. The van der Waals surface area contributed by atoms with E-state index in [0.29, 0.717) is 6.07 Å². The van der Waals surface area contributed by atoms with E-state index in [-0.39, 0.29) is 11.0 Å². The maximum Gasteiger partial charge on any atom is 0.416 e. The molecule has 0 radical (unpaired) electrons. The van der Waals surface area contributed by atoms with Crippen molar-refractivity contribution >= 4 is 26.0 Å². The fourth-order valence-corrected chi connectivity index (χ4v) is 3.52. The molecule has 0 saturated heterocycles. The minimum absolute atomic E-state index is 0.0414. The van der Waals surface area contributed by atoms with Crippen molar-refractivity contribution in [3.63, 3.8) is 0 Å². The molecule has 4 nitrogen and oxygen atoms in total. The second-order valence-electron chi connectivity index (χ2n) is 4.28. The number of rotatable bonds is 4. The van der Waals surface area contributed by atoms with Gasteiger partial charge in [0.1, 0.15) is 0 Å². The van der Waals surface area contributed by atoms with E-state index >= 15 is 0 Å². The highest BCUT2D eigenvalue weighted by Gasteiger charge is 2.33. The summed E-state index contributed by atoms with van der Waals surface area (Å²) in [7, 11) is -2.75. The summed E-state index contributed by atoms with van der Waals surface area (Å²) in [4.78, 5) is -0.429. The fourth-order valence-electron chi connectivity index (χ4n) is 1.43. The largest absolute Gasteiger partial charge is 0.416 e. The predicted octanol–water partition coefficient (Wildman–Crippen LogP) is 2.44. The Morgan fingerprint density at radius 3 is 2.35 bits per heavy atom. The molecule has 0 bridgehead atoms. The maximum absolute atomic E-state index is 12.7. The van der Waals surface area contributed by atoms with Crippen LogP contribution in [0.5, 0.6) is 0 Å². The van der Waals surface area contributed by atoms with Crippen LogP contribution >= 0.6 is 15.9 Å². The Balaban J connectivity index is 3.36. The number of halogens is 4. The van der Waals surface area contributed by atoms with E-state index < -0.39 is 32.7 Å². The first kappa shape index (κ1) is 17.4. The molecule has 0 aliphatic heterocycles. The molecule has 0 heterocycles. The van der Waals surface area contributed by atoms with Crippen LogP contribution in [0.4, 0.5) is 13.2 Å². The number of nitrogens with two attached hydrogens (primary N) is 1. The van der Waals surface area contributed by atoms with Crippen molar-refractivity contribution in [2.24, 2.45) is 5.73 Å². The first-order valence-corrected chi connectivity index (χ1v) is 7.79. The Hall–Kier alpha value is -0.640. The van der Waals surface area contributed by atoms with E-state index in [1.165, 1.54) is 7.05 Å². The normalized spacial score (nSPS) is 14.6. The van der Waals surface area contributed by atoms with Gasteiger partial charge in [0, 0.05) is 24.1 Å². The third-order valence-corrected chi connectivity index (χ3v) is 5.24. The van der Waals surface area contributed by atoms with Gasteiger partial charge in [0.25, 0.3) is 0 Å². The zero-order chi connectivity index (χ0) is 15.7. The number of hydrogen-bond acceptors (Lipinski definition) is 3. The summed E-state index contributed by atoms with van der Waals surface area (Å²) in [5.74, 6) is 0. The number of sulfonamides is 1. The van der Waals surface area contributed by atoms with E-state index in [4.69, 9.17) is 5.73 Å². The van der Waals surface area contributed by atoms with Crippen LogP contribution in [-0.4, -0.2) is 32.4 Å². The Bertz CT molecular complexity index is 590. The molecule has 0 aliphatic rings. The average Bonchev–Trinajstić information content (AvgIpc) is 2.35. The Labute approximate surface area is 123 Å². The van der Waals surface area contributed by atoms with Crippen LogP contribution in [0, 0.1) is 0 Å². The molecule has 0 aliphatic carbocycles. The zero-order valence-corrected chi connectivity index (χ0v) is 13.2. The van der Waals surface area contributed by atoms with Crippen LogP contribution in [0.3, 0.4) is 0 Å². The Kier molecular flexibility index (Phi) is 5.23. The van der Waals surface area contributed by atoms with E-state index in [9.17, 15) is 21.6 Å². The third-order valence-electron chi connectivity index (χ3n) is 2.84. The lowest BCUT2D eigenvalue weighted by Gasteiger charge is -2.23. The average molecular weight is 375 g/mol. The van der Waals surface area contributed by atoms with Gasteiger partial charge in [-0.2, -0.15) is 17.5 Å². The predicted molar refractivity (Wildman–Crippen MR) is 72.6 cm³/mol. The standard InChI is InChI=1S/C11H14BrF3N2O2S/c1-7(6-16)17(2)20(18,19)10-4-8(11(13,14)15)3-9(12)5-10/h3-5,7H,6,16H2,1-2H3. The van der Waals surface area contributed by atoms with Gasteiger partial charge in [0.15, 0.2) is 0 Å². The molecule has 0 fully saturated rings. The highest BCUT2D eigenvalue weighted by molar-refractivity contribution is 9.10. The van der Waals surface area contributed by atoms with Crippen molar-refractivity contribution in [3.8, 4) is 0 Å². The van der Waals surface area contributed by atoms with Crippen molar-refractivity contribution in [2.45, 2.75) is 24.0 Å². The van der Waals surface area contributed by atoms with Gasteiger partial charge in [-0.05, 0) is 25.1 Å². The van der Waals surface area contributed by atoms with Crippen molar-refractivity contribution in [1.82, 2.24) is 4.31 Å². The molecule has 20 heavy (non-hydrogen) atoms. The molecule has 1 unspecified atom stereocenters. The number of nitrogens with zero attached hydrogens (tertiary/aromatic N) is 1. The molecule has 0 spiro atoms. The van der Waals surface area contributed by atoms with Crippen LogP contribution in [0.25, 0.3) is 0 Å². The second kappa shape index (κ2) is 6.00. The van der Waals surface area contributed by atoms with Crippen LogP contribution in [0.2, 0.25) is 0 Å². The monoisotopic (exact) mass is 374 g/mol. The Morgan fingerprint density at radius 2 is 1.90 bits per heavy atom. The molecule has 2 N–H and O–H groups in total. The van der Waals surface area contributed by atoms with Crippen LogP contribution < -0.4 is 5.73 Å². The topological polar surface area (TPSA) is 63.4 Å². The number of likely N-dealkylation sites (N-methyl/N-ethyl adjacent to an activating group) is 1. The summed E-state index contributed by atoms with van der Waals surface area (Å²) in [6.07, 6.45) is -4.62. The van der Waals surface area contributed by atoms with Gasteiger partial charge in [0.05, 0.1) is 10.5 Å². The second-order valence-corrected chi connectivity index (χ2v) is 7.19. The lowest BCUT2D eigenvalue weighted by Crippen LogP contribution is -2.39. The molecule has 0 amide bonds.